The molecule has 0 bridgehead atoms. The number of urea groups is 1. The highest BCUT2D eigenvalue weighted by atomic mass is 19.1. The summed E-state index contributed by atoms with van der Waals surface area (Å²) < 4.78 is 25.2. The molecule has 0 unspecified atom stereocenters. The van der Waals surface area contributed by atoms with Crippen LogP contribution in [0.1, 0.15) is 33.1 Å². The third kappa shape index (κ3) is 6.96. The Bertz CT molecular complexity index is 1130. The van der Waals surface area contributed by atoms with Crippen LogP contribution in [-0.4, -0.2) is 34.7 Å². The van der Waals surface area contributed by atoms with Crippen LogP contribution < -0.4 is 14.8 Å². The largest absolute Gasteiger partial charge is 0.457 e. The van der Waals surface area contributed by atoms with E-state index in [1.807, 2.05) is 30.3 Å². The van der Waals surface area contributed by atoms with E-state index in [0.29, 0.717) is 60.5 Å². The predicted molar refractivity (Wildman–Crippen MR) is 134 cm³/mol. The second-order valence-electron chi connectivity index (χ2n) is 9.40. The van der Waals surface area contributed by atoms with Gasteiger partial charge in [-0.15, -0.1) is 0 Å². The lowest BCUT2D eigenvalue weighted by Crippen LogP contribution is -2.48. The van der Waals surface area contributed by atoms with Gasteiger partial charge in [-0.25, -0.2) is 9.18 Å². The summed E-state index contributed by atoms with van der Waals surface area (Å²) in [4.78, 5) is 14.7. The summed E-state index contributed by atoms with van der Waals surface area (Å²) >= 11 is 0. The van der Waals surface area contributed by atoms with E-state index in [-0.39, 0.29) is 11.8 Å². The Morgan fingerprint density at radius 3 is 2.09 bits per heavy atom. The van der Waals surface area contributed by atoms with E-state index >= 15 is 0 Å². The Kier molecular flexibility index (Phi) is 7.56. The zero-order chi connectivity index (χ0) is 24.8. The van der Waals surface area contributed by atoms with Gasteiger partial charge in [0.25, 0.3) is 0 Å². The Hall–Kier alpha value is -3.58. The monoisotopic (exact) mass is 478 g/mol. The highest BCUT2D eigenvalue weighted by Gasteiger charge is 2.34. The molecule has 184 valence electrons. The first kappa shape index (κ1) is 24.5. The summed E-state index contributed by atoms with van der Waals surface area (Å²) in [6, 6.07) is 19.9. The zero-order valence-electron chi connectivity index (χ0n) is 20.0. The minimum atomic E-state index is -0.718. The van der Waals surface area contributed by atoms with Crippen molar-refractivity contribution in [1.82, 2.24) is 4.90 Å². The molecule has 6 nitrogen and oxygen atoms in total. The fourth-order valence-electron chi connectivity index (χ4n) is 4.32. The number of aliphatic hydroxyl groups is 1. The molecule has 2 amide bonds. The van der Waals surface area contributed by atoms with Crippen molar-refractivity contribution in [2.75, 3.05) is 18.4 Å². The maximum atomic E-state index is 13.3. The van der Waals surface area contributed by atoms with Crippen LogP contribution in [0.5, 0.6) is 23.0 Å². The number of nitrogens with one attached hydrogen (secondary N) is 1. The van der Waals surface area contributed by atoms with Crippen molar-refractivity contribution in [1.29, 1.82) is 0 Å². The molecule has 3 aromatic carbocycles. The number of hydrogen-bond acceptors (Lipinski definition) is 4. The average molecular weight is 479 g/mol. The van der Waals surface area contributed by atoms with Gasteiger partial charge in [-0.05, 0) is 61.6 Å². The number of halogens is 1. The van der Waals surface area contributed by atoms with Crippen LogP contribution in [0.3, 0.4) is 0 Å². The first-order chi connectivity index (χ1) is 16.8. The molecule has 7 heteroatoms. The molecule has 0 atom stereocenters. The Labute approximate surface area is 205 Å². The molecule has 0 aromatic heterocycles. The molecule has 35 heavy (non-hydrogen) atoms. The smallest absolute Gasteiger partial charge is 0.321 e. The number of piperidine rings is 1. The summed E-state index contributed by atoms with van der Waals surface area (Å²) in [6.45, 7) is 5.14. The Balaban J connectivity index is 1.50. The Morgan fingerprint density at radius 2 is 1.51 bits per heavy atom. The second-order valence-corrected chi connectivity index (χ2v) is 9.40. The number of rotatable bonds is 7. The molecule has 1 saturated heterocycles. The van der Waals surface area contributed by atoms with Crippen molar-refractivity contribution in [3.63, 3.8) is 0 Å². The van der Waals surface area contributed by atoms with E-state index in [1.54, 1.807) is 23.1 Å². The van der Waals surface area contributed by atoms with Crippen LogP contribution >= 0.6 is 0 Å². The van der Waals surface area contributed by atoms with Crippen molar-refractivity contribution in [2.45, 2.75) is 38.7 Å². The summed E-state index contributed by atoms with van der Waals surface area (Å²) in [5.74, 6) is 2.06. The minimum Gasteiger partial charge on any atom is -0.457 e. The van der Waals surface area contributed by atoms with Gasteiger partial charge in [-0.1, -0.05) is 32.0 Å². The third-order valence-electron chi connectivity index (χ3n) is 5.93. The van der Waals surface area contributed by atoms with Gasteiger partial charge < -0.3 is 24.8 Å². The first-order valence-electron chi connectivity index (χ1n) is 11.9. The number of ether oxygens (including phenoxy) is 2. The SMILES string of the molecule is CC(C)CC1(O)CCN(C(=O)Nc2cc(Oc3ccccc3)cc(Oc3ccc(F)cc3)c2)CC1. The van der Waals surface area contributed by atoms with Gasteiger partial charge in [0.1, 0.15) is 28.8 Å². The lowest BCUT2D eigenvalue weighted by atomic mass is 9.84. The molecule has 1 aliphatic heterocycles. The number of nitrogens with zero attached hydrogens (tertiary/aromatic N) is 1. The molecule has 4 rings (SSSR count). The molecule has 1 heterocycles. The molecule has 0 saturated carbocycles. The van der Waals surface area contributed by atoms with Gasteiger partial charge in [0.05, 0.1) is 5.60 Å². The maximum Gasteiger partial charge on any atom is 0.321 e. The van der Waals surface area contributed by atoms with Crippen LogP contribution in [0.25, 0.3) is 0 Å². The summed E-state index contributed by atoms with van der Waals surface area (Å²) in [7, 11) is 0. The van der Waals surface area contributed by atoms with Crippen molar-refractivity contribution in [2.24, 2.45) is 5.92 Å². The van der Waals surface area contributed by atoms with Gasteiger partial charge in [-0.2, -0.15) is 0 Å². The lowest BCUT2D eigenvalue weighted by molar-refractivity contribution is -0.0268. The maximum absolute atomic E-state index is 13.3. The molecule has 0 radical (unpaired) electrons. The number of benzene rings is 3. The predicted octanol–water partition coefficient (Wildman–Crippen LogP) is 6.82. The summed E-state index contributed by atoms with van der Waals surface area (Å²) in [5.41, 5.74) is -0.214. The topological polar surface area (TPSA) is 71.0 Å². The van der Waals surface area contributed by atoms with Gasteiger partial charge in [0.15, 0.2) is 0 Å². The quantitative estimate of drug-likeness (QED) is 0.391. The van der Waals surface area contributed by atoms with Crippen LogP contribution in [0.4, 0.5) is 14.9 Å². The van der Waals surface area contributed by atoms with Crippen molar-refractivity contribution in [3.8, 4) is 23.0 Å². The number of carbonyl (C=O) groups excluding carboxylic acids is 1. The standard InChI is InChI=1S/C28H31FN2O4/c1-20(2)19-28(33)12-14-31(15-13-28)27(32)30-22-16-25(34-23-6-4-3-5-7-23)18-26(17-22)35-24-10-8-21(29)9-11-24/h3-11,16-18,20,33H,12-15,19H2,1-2H3,(H,30,32). The lowest BCUT2D eigenvalue weighted by Gasteiger charge is -2.39. The molecule has 2 N–H and O–H groups in total. The minimum absolute atomic E-state index is 0.249. The average Bonchev–Trinajstić information content (AvgIpc) is 2.81. The molecular formula is C28H31FN2O4. The molecule has 3 aromatic rings. The van der Waals surface area contributed by atoms with Crippen LogP contribution in [0.15, 0.2) is 72.8 Å². The molecule has 1 aliphatic rings. The van der Waals surface area contributed by atoms with E-state index in [1.165, 1.54) is 24.3 Å². The first-order valence-corrected chi connectivity index (χ1v) is 11.9. The van der Waals surface area contributed by atoms with E-state index in [9.17, 15) is 14.3 Å². The highest BCUT2D eigenvalue weighted by molar-refractivity contribution is 5.90. The van der Waals surface area contributed by atoms with Crippen molar-refractivity contribution in [3.05, 3.63) is 78.6 Å². The molecule has 1 fully saturated rings. The van der Waals surface area contributed by atoms with E-state index in [0.717, 1.165) is 6.42 Å². The van der Waals surface area contributed by atoms with E-state index in [4.69, 9.17) is 9.47 Å². The normalized spacial score (nSPS) is 15.1. The summed E-state index contributed by atoms with van der Waals surface area (Å²) in [5, 5.41) is 13.7. The van der Waals surface area contributed by atoms with Crippen molar-refractivity contribution < 1.29 is 23.8 Å². The van der Waals surface area contributed by atoms with Gasteiger partial charge >= 0.3 is 6.03 Å². The molecule has 0 aliphatic carbocycles. The zero-order valence-corrected chi connectivity index (χ0v) is 20.0. The van der Waals surface area contributed by atoms with Gasteiger partial charge in [-0.3, -0.25) is 0 Å². The molecular weight excluding hydrogens is 447 g/mol. The fourth-order valence-corrected chi connectivity index (χ4v) is 4.32. The number of amides is 2. The summed E-state index contributed by atoms with van der Waals surface area (Å²) in [6.07, 6.45) is 1.83. The third-order valence-corrected chi connectivity index (χ3v) is 5.93. The number of anilines is 1. The number of likely N-dealkylation sites (tertiary alicyclic amines) is 1. The van der Waals surface area contributed by atoms with E-state index < -0.39 is 5.60 Å². The Morgan fingerprint density at radius 1 is 0.943 bits per heavy atom. The van der Waals surface area contributed by atoms with Crippen LogP contribution in [0, 0.1) is 11.7 Å². The highest BCUT2D eigenvalue weighted by Crippen LogP contribution is 2.33. The van der Waals surface area contributed by atoms with Crippen LogP contribution in [-0.2, 0) is 0 Å². The van der Waals surface area contributed by atoms with Gasteiger partial charge in [0, 0.05) is 37.0 Å². The fraction of sp³-hybridized carbons (Fsp3) is 0.321. The van der Waals surface area contributed by atoms with Crippen molar-refractivity contribution >= 4 is 11.7 Å². The molecule has 0 spiro atoms. The number of carbonyl (C=O) groups is 1. The van der Waals surface area contributed by atoms with Crippen LogP contribution in [0.2, 0.25) is 0 Å². The van der Waals surface area contributed by atoms with Gasteiger partial charge in [0.2, 0.25) is 0 Å². The second kappa shape index (κ2) is 10.8. The number of para-hydroxylation sites is 1. The van der Waals surface area contributed by atoms with E-state index in [2.05, 4.69) is 19.2 Å². The number of hydrogen-bond donors (Lipinski definition) is 2.